The molecule has 8 heteroatoms. The van der Waals surface area contributed by atoms with Crippen LogP contribution in [0, 0.1) is 23.7 Å². The Hall–Kier alpha value is -2.78. The molecule has 2 saturated carbocycles. The highest BCUT2D eigenvalue weighted by Crippen LogP contribution is 2.40. The van der Waals surface area contributed by atoms with Crippen molar-refractivity contribution in [3.05, 3.63) is 71.8 Å². The molecule has 2 saturated heterocycles. The number of hydrogen-bond donors (Lipinski definition) is 0. The van der Waals surface area contributed by atoms with E-state index in [1.165, 1.54) is 25.3 Å². The van der Waals surface area contributed by atoms with Crippen molar-refractivity contribution in [3.63, 3.8) is 0 Å². The summed E-state index contributed by atoms with van der Waals surface area (Å²) in [6.45, 7) is 3.45. The summed E-state index contributed by atoms with van der Waals surface area (Å²) in [4.78, 5) is 34.9. The molecule has 2 aliphatic carbocycles. The van der Waals surface area contributed by atoms with Gasteiger partial charge in [-0.05, 0) is 36.8 Å². The Morgan fingerprint density at radius 1 is 0.684 bits per heavy atom. The normalized spacial score (nSPS) is 30.3. The van der Waals surface area contributed by atoms with E-state index in [1.807, 2.05) is 46.5 Å². The van der Waals surface area contributed by atoms with Gasteiger partial charge in [-0.25, -0.2) is 0 Å². The van der Waals surface area contributed by atoms with E-state index in [0.29, 0.717) is 11.8 Å². The van der Waals surface area contributed by atoms with E-state index in [0.717, 1.165) is 51.9 Å². The molecule has 8 nitrogen and oxygen atoms in total. The fourth-order valence-electron chi connectivity index (χ4n) is 6.30. The molecule has 0 bridgehead atoms. The number of fused-ring (bicyclic) bond motifs is 2. The van der Waals surface area contributed by atoms with Crippen LogP contribution < -0.4 is 0 Å². The lowest BCUT2D eigenvalue weighted by Crippen LogP contribution is -2.22. The van der Waals surface area contributed by atoms with E-state index in [-0.39, 0.29) is 36.0 Å². The van der Waals surface area contributed by atoms with E-state index in [2.05, 4.69) is 24.3 Å². The van der Waals surface area contributed by atoms with E-state index in [1.54, 1.807) is 0 Å². The molecule has 6 atom stereocenters. The summed E-state index contributed by atoms with van der Waals surface area (Å²) >= 11 is 0. The number of hydroxylamine groups is 4. The lowest BCUT2D eigenvalue weighted by Gasteiger charge is -2.17. The van der Waals surface area contributed by atoms with Gasteiger partial charge in [0.05, 0.1) is 38.3 Å². The van der Waals surface area contributed by atoms with Gasteiger partial charge in [-0.15, -0.1) is 0 Å². The van der Waals surface area contributed by atoms with Crippen molar-refractivity contribution in [3.8, 4) is 0 Å². The molecular weight excluding hydrogens is 484 g/mol. The van der Waals surface area contributed by atoms with Gasteiger partial charge in [0.25, 0.3) is 0 Å². The van der Waals surface area contributed by atoms with Crippen LogP contribution in [0.5, 0.6) is 0 Å². The smallest absolute Gasteiger partial charge is 0.308 e. The van der Waals surface area contributed by atoms with Gasteiger partial charge >= 0.3 is 11.9 Å². The molecule has 0 amide bonds. The van der Waals surface area contributed by atoms with Gasteiger partial charge in [0, 0.05) is 38.0 Å². The molecule has 38 heavy (non-hydrogen) atoms. The molecule has 0 spiro atoms. The zero-order valence-corrected chi connectivity index (χ0v) is 22.2. The van der Waals surface area contributed by atoms with Crippen LogP contribution in [0.2, 0.25) is 0 Å². The fraction of sp³-hybridized carbons (Fsp3) is 0.533. The third kappa shape index (κ3) is 6.43. The number of carbonyl (C=O) groups is 2. The molecule has 2 heterocycles. The number of methoxy groups -OCH3 is 2. The van der Waals surface area contributed by atoms with Crippen LogP contribution in [0.3, 0.4) is 0 Å². The number of ether oxygens (including phenoxy) is 2. The minimum Gasteiger partial charge on any atom is -0.469 e. The first-order chi connectivity index (χ1) is 18.5. The largest absolute Gasteiger partial charge is 0.469 e. The first-order valence-corrected chi connectivity index (χ1v) is 13.6. The average Bonchev–Trinajstić information content (AvgIpc) is 3.69. The van der Waals surface area contributed by atoms with Crippen molar-refractivity contribution in [1.82, 2.24) is 10.1 Å². The molecule has 0 aromatic heterocycles. The predicted octanol–water partition coefficient (Wildman–Crippen LogP) is 4.00. The standard InChI is InChI=1S/2C15H19NO3/c2*1-18-15(17)12-7-13-10-16(19-14(13)8-12)9-11-5-3-2-4-6-11/h2*2-6,12-14H,7-10H2,1H3/t12-,13+,14+;12-,13-,14-/m01/s1. The van der Waals surface area contributed by atoms with Crippen molar-refractivity contribution in [2.45, 2.75) is 51.0 Å². The molecule has 0 radical (unpaired) electrons. The Morgan fingerprint density at radius 3 is 1.42 bits per heavy atom. The Balaban J connectivity index is 0.000000155. The number of carbonyl (C=O) groups excluding carboxylic acids is 2. The highest BCUT2D eigenvalue weighted by Gasteiger charge is 2.46. The topological polar surface area (TPSA) is 77.5 Å². The molecule has 204 valence electrons. The van der Waals surface area contributed by atoms with E-state index in [9.17, 15) is 9.59 Å². The van der Waals surface area contributed by atoms with Crippen LogP contribution in [0.1, 0.15) is 36.8 Å². The monoisotopic (exact) mass is 522 g/mol. The van der Waals surface area contributed by atoms with Gasteiger partial charge in [0.15, 0.2) is 0 Å². The molecule has 2 aliphatic heterocycles. The first-order valence-electron chi connectivity index (χ1n) is 13.6. The number of nitrogens with zero attached hydrogens (tertiary/aromatic N) is 2. The van der Waals surface area contributed by atoms with Gasteiger partial charge in [-0.2, -0.15) is 10.1 Å². The van der Waals surface area contributed by atoms with Crippen molar-refractivity contribution in [2.75, 3.05) is 27.3 Å². The molecule has 4 fully saturated rings. The molecule has 2 aromatic carbocycles. The van der Waals surface area contributed by atoms with Crippen molar-refractivity contribution in [2.24, 2.45) is 23.7 Å². The van der Waals surface area contributed by atoms with Crippen LogP contribution in [0.15, 0.2) is 60.7 Å². The third-order valence-corrected chi connectivity index (χ3v) is 8.18. The van der Waals surface area contributed by atoms with Crippen LogP contribution in [0.25, 0.3) is 0 Å². The van der Waals surface area contributed by atoms with Crippen LogP contribution in [-0.4, -0.2) is 61.6 Å². The summed E-state index contributed by atoms with van der Waals surface area (Å²) in [5.74, 6) is 0.804. The van der Waals surface area contributed by atoms with Gasteiger partial charge in [-0.1, -0.05) is 60.7 Å². The van der Waals surface area contributed by atoms with Gasteiger partial charge in [0.1, 0.15) is 0 Å². The molecule has 6 rings (SSSR count). The van der Waals surface area contributed by atoms with Crippen LogP contribution in [0.4, 0.5) is 0 Å². The van der Waals surface area contributed by atoms with Gasteiger partial charge in [-0.3, -0.25) is 19.3 Å². The van der Waals surface area contributed by atoms with E-state index < -0.39 is 0 Å². The zero-order valence-electron chi connectivity index (χ0n) is 22.2. The maximum absolute atomic E-state index is 11.5. The van der Waals surface area contributed by atoms with E-state index >= 15 is 0 Å². The van der Waals surface area contributed by atoms with Gasteiger partial charge in [0.2, 0.25) is 0 Å². The predicted molar refractivity (Wildman–Crippen MR) is 140 cm³/mol. The Labute approximate surface area is 224 Å². The van der Waals surface area contributed by atoms with Crippen molar-refractivity contribution < 1.29 is 28.7 Å². The first kappa shape index (κ1) is 26.8. The quantitative estimate of drug-likeness (QED) is 0.527. The Morgan fingerprint density at radius 2 is 1.08 bits per heavy atom. The summed E-state index contributed by atoms with van der Waals surface area (Å²) in [7, 11) is 2.91. The third-order valence-electron chi connectivity index (χ3n) is 8.18. The average molecular weight is 523 g/mol. The number of hydrogen-bond acceptors (Lipinski definition) is 8. The highest BCUT2D eigenvalue weighted by atomic mass is 16.7. The maximum atomic E-state index is 11.5. The van der Waals surface area contributed by atoms with Crippen LogP contribution in [-0.2, 0) is 41.8 Å². The Kier molecular flexibility index (Phi) is 8.74. The second kappa shape index (κ2) is 12.4. The summed E-state index contributed by atoms with van der Waals surface area (Å²) in [6, 6.07) is 20.6. The van der Waals surface area contributed by atoms with Crippen LogP contribution >= 0.6 is 0 Å². The lowest BCUT2D eigenvalue weighted by molar-refractivity contribution is -0.160. The van der Waals surface area contributed by atoms with Crippen molar-refractivity contribution >= 4 is 11.9 Å². The second-order valence-corrected chi connectivity index (χ2v) is 10.8. The Bertz CT molecular complexity index is 953. The van der Waals surface area contributed by atoms with Gasteiger partial charge < -0.3 is 9.47 Å². The summed E-state index contributed by atoms with van der Waals surface area (Å²) in [5, 5.41) is 4.05. The highest BCUT2D eigenvalue weighted by molar-refractivity contribution is 5.73. The summed E-state index contributed by atoms with van der Waals surface area (Å²) < 4.78 is 9.63. The maximum Gasteiger partial charge on any atom is 0.308 e. The summed E-state index contributed by atoms with van der Waals surface area (Å²) in [5.41, 5.74) is 2.51. The molecule has 0 N–H and O–H groups in total. The number of esters is 2. The van der Waals surface area contributed by atoms with E-state index in [4.69, 9.17) is 19.1 Å². The molecule has 0 unspecified atom stereocenters. The lowest BCUT2D eigenvalue weighted by atomic mass is 10.0. The fourth-order valence-corrected chi connectivity index (χ4v) is 6.30. The SMILES string of the molecule is COC(=O)[C@@H]1C[C@@H]2CN(Cc3ccccc3)O[C@@H]2C1.COC(=O)[C@H]1C[C@@H]2CN(Cc3ccccc3)O[C@@H]2C1. The molecule has 4 aliphatic rings. The number of rotatable bonds is 6. The second-order valence-electron chi connectivity index (χ2n) is 10.8. The minimum absolute atomic E-state index is 0.0267. The molecule has 2 aromatic rings. The number of benzene rings is 2. The zero-order chi connectivity index (χ0) is 26.5. The minimum atomic E-state index is -0.0902. The summed E-state index contributed by atoms with van der Waals surface area (Å²) in [6.07, 6.45) is 3.75. The van der Waals surface area contributed by atoms with Crippen molar-refractivity contribution in [1.29, 1.82) is 0 Å². The molecular formula is C30H38N2O6.